The van der Waals surface area contributed by atoms with E-state index in [1.54, 1.807) is 24.3 Å². The molecule has 0 radical (unpaired) electrons. The maximum absolute atomic E-state index is 12.9. The minimum Gasteiger partial charge on any atom is -0.344 e. The first-order valence-corrected chi connectivity index (χ1v) is 12.9. The summed E-state index contributed by atoms with van der Waals surface area (Å²) in [6.45, 7) is 3.76. The maximum Gasteiger partial charge on any atom is 0.243 e. The molecule has 0 aliphatic carbocycles. The number of sulfonamides is 1. The number of carbonyl (C=O) groups is 1. The average molecular weight is 469 g/mol. The molecule has 5 nitrogen and oxygen atoms in total. The zero-order valence-electron chi connectivity index (χ0n) is 18.7. The largest absolute Gasteiger partial charge is 0.344 e. The highest BCUT2D eigenvalue weighted by atomic mass is 32.2. The third-order valence-corrected chi connectivity index (χ3v) is 7.87. The van der Waals surface area contributed by atoms with Crippen LogP contribution < -0.4 is 5.32 Å². The fourth-order valence-electron chi connectivity index (χ4n) is 3.56. The van der Waals surface area contributed by atoms with E-state index in [0.29, 0.717) is 0 Å². The molecule has 0 saturated heterocycles. The number of hydrogen-bond acceptors (Lipinski definition) is 4. The Kier molecular flexibility index (Phi) is 7.77. The van der Waals surface area contributed by atoms with Crippen molar-refractivity contribution in [3.63, 3.8) is 0 Å². The van der Waals surface area contributed by atoms with E-state index in [9.17, 15) is 13.2 Å². The minimum atomic E-state index is -3.77. The Balaban J connectivity index is 1.81. The Hall–Kier alpha value is -2.61. The van der Waals surface area contributed by atoms with Gasteiger partial charge >= 0.3 is 0 Å². The van der Waals surface area contributed by atoms with Crippen LogP contribution >= 0.6 is 11.8 Å². The first kappa shape index (κ1) is 24.0. The summed E-state index contributed by atoms with van der Waals surface area (Å²) in [5.41, 5.74) is 4.12. The number of amides is 1. The van der Waals surface area contributed by atoms with E-state index in [1.165, 1.54) is 18.8 Å². The van der Waals surface area contributed by atoms with Gasteiger partial charge in [0.1, 0.15) is 0 Å². The maximum atomic E-state index is 12.9. The number of benzene rings is 3. The first-order valence-electron chi connectivity index (χ1n) is 10.2. The fourth-order valence-corrected chi connectivity index (χ4v) is 5.09. The van der Waals surface area contributed by atoms with E-state index in [-0.39, 0.29) is 23.4 Å². The predicted molar refractivity (Wildman–Crippen MR) is 130 cm³/mol. The molecule has 32 heavy (non-hydrogen) atoms. The molecule has 0 spiro atoms. The van der Waals surface area contributed by atoms with E-state index in [4.69, 9.17) is 0 Å². The highest BCUT2D eigenvalue weighted by molar-refractivity contribution is 7.98. The predicted octanol–water partition coefficient (Wildman–Crippen LogP) is 4.55. The van der Waals surface area contributed by atoms with Gasteiger partial charge in [0.25, 0.3) is 0 Å². The van der Waals surface area contributed by atoms with Gasteiger partial charge in [0, 0.05) is 11.9 Å². The van der Waals surface area contributed by atoms with E-state index in [1.807, 2.05) is 62.6 Å². The fraction of sp³-hybridized carbons (Fsp3) is 0.240. The quantitative estimate of drug-likeness (QED) is 0.493. The third kappa shape index (κ3) is 5.59. The molecule has 3 aromatic rings. The number of nitrogens with one attached hydrogen (secondary N) is 1. The Morgan fingerprint density at radius 2 is 1.66 bits per heavy atom. The van der Waals surface area contributed by atoms with Crippen LogP contribution in [0.5, 0.6) is 0 Å². The molecule has 1 atom stereocenters. The van der Waals surface area contributed by atoms with Crippen LogP contribution in [0.3, 0.4) is 0 Å². The first-order chi connectivity index (χ1) is 15.2. The van der Waals surface area contributed by atoms with Crippen LogP contribution in [-0.2, 0) is 14.8 Å². The van der Waals surface area contributed by atoms with Gasteiger partial charge in [-0.15, -0.1) is 11.8 Å². The number of carbonyl (C=O) groups excluding carboxylic acids is 1. The standard InChI is InChI=1S/C25H28N2O3S2/c1-18-10-15-23(19(2)16-18)25(20-8-6-5-7-9-20)26-24(28)17-27(3)32(29,30)22-13-11-21(31-4)12-14-22/h5-16,25H,17H2,1-4H3,(H,26,28). The lowest BCUT2D eigenvalue weighted by atomic mass is 9.94. The summed E-state index contributed by atoms with van der Waals surface area (Å²) in [6.07, 6.45) is 1.93. The number of likely N-dealkylation sites (N-methyl/N-ethyl adjacent to an activating group) is 1. The van der Waals surface area contributed by atoms with Crippen LogP contribution in [0.25, 0.3) is 0 Å². The van der Waals surface area contributed by atoms with E-state index >= 15 is 0 Å². The highest BCUT2D eigenvalue weighted by Gasteiger charge is 2.25. The van der Waals surface area contributed by atoms with Crippen LogP contribution in [-0.4, -0.2) is 38.5 Å². The minimum absolute atomic E-state index is 0.166. The zero-order valence-corrected chi connectivity index (χ0v) is 20.3. The summed E-state index contributed by atoms with van der Waals surface area (Å²) in [5, 5.41) is 3.03. The molecule has 7 heteroatoms. The van der Waals surface area contributed by atoms with Crippen molar-refractivity contribution in [2.45, 2.75) is 29.7 Å². The number of hydrogen-bond donors (Lipinski definition) is 1. The molecule has 0 heterocycles. The molecular formula is C25H28N2O3S2. The van der Waals surface area contributed by atoms with E-state index in [0.717, 1.165) is 31.5 Å². The average Bonchev–Trinajstić information content (AvgIpc) is 2.78. The molecule has 0 aromatic heterocycles. The second-order valence-electron chi connectivity index (χ2n) is 7.71. The Morgan fingerprint density at radius 3 is 2.25 bits per heavy atom. The molecule has 3 aromatic carbocycles. The second kappa shape index (κ2) is 10.3. The van der Waals surface area contributed by atoms with Gasteiger partial charge in [-0.25, -0.2) is 8.42 Å². The van der Waals surface area contributed by atoms with Gasteiger partial charge in [0.2, 0.25) is 15.9 Å². The molecule has 0 saturated carbocycles. The number of nitrogens with zero attached hydrogens (tertiary/aromatic N) is 1. The summed E-state index contributed by atoms with van der Waals surface area (Å²) in [4.78, 5) is 14.1. The second-order valence-corrected chi connectivity index (χ2v) is 10.6. The molecule has 1 N–H and O–H groups in total. The van der Waals surface area contributed by atoms with Crippen molar-refractivity contribution < 1.29 is 13.2 Å². The smallest absolute Gasteiger partial charge is 0.243 e. The summed E-state index contributed by atoms with van der Waals surface area (Å²) < 4.78 is 26.9. The molecule has 1 unspecified atom stereocenters. The summed E-state index contributed by atoms with van der Waals surface area (Å²) >= 11 is 1.54. The van der Waals surface area contributed by atoms with Gasteiger partial charge < -0.3 is 5.32 Å². The number of aryl methyl sites for hydroxylation is 2. The highest BCUT2D eigenvalue weighted by Crippen LogP contribution is 2.26. The van der Waals surface area contributed by atoms with Gasteiger partial charge in [-0.2, -0.15) is 4.31 Å². The van der Waals surface area contributed by atoms with Crippen molar-refractivity contribution >= 4 is 27.7 Å². The van der Waals surface area contributed by atoms with Gasteiger partial charge in [-0.05, 0) is 61.1 Å². The van der Waals surface area contributed by atoms with Gasteiger partial charge in [0.05, 0.1) is 17.5 Å². The van der Waals surface area contributed by atoms with Crippen molar-refractivity contribution in [1.82, 2.24) is 9.62 Å². The van der Waals surface area contributed by atoms with Crippen LogP contribution in [0.15, 0.2) is 82.6 Å². The Bertz CT molecular complexity index is 1180. The zero-order chi connectivity index (χ0) is 23.3. The summed E-state index contributed by atoms with van der Waals surface area (Å²) in [7, 11) is -2.35. The van der Waals surface area contributed by atoms with E-state index < -0.39 is 10.0 Å². The van der Waals surface area contributed by atoms with Crippen molar-refractivity contribution in [2.24, 2.45) is 0 Å². The topological polar surface area (TPSA) is 66.5 Å². The molecule has 0 aliphatic heterocycles. The third-order valence-electron chi connectivity index (χ3n) is 5.31. The molecule has 0 bridgehead atoms. The van der Waals surface area contributed by atoms with Gasteiger partial charge in [-0.3, -0.25) is 4.79 Å². The lowest BCUT2D eigenvalue weighted by Gasteiger charge is -2.24. The Labute approximate surface area is 194 Å². The monoisotopic (exact) mass is 468 g/mol. The molecular weight excluding hydrogens is 440 g/mol. The van der Waals surface area contributed by atoms with E-state index in [2.05, 4.69) is 11.4 Å². The van der Waals surface area contributed by atoms with Gasteiger partial charge in [-0.1, -0.05) is 54.1 Å². The normalized spacial score (nSPS) is 12.5. The molecule has 1 amide bonds. The SMILES string of the molecule is CSc1ccc(S(=O)(=O)N(C)CC(=O)NC(c2ccccc2)c2ccc(C)cc2C)cc1. The Morgan fingerprint density at radius 1 is 1.00 bits per heavy atom. The molecule has 168 valence electrons. The lowest BCUT2D eigenvalue weighted by Crippen LogP contribution is -2.40. The number of rotatable bonds is 8. The van der Waals surface area contributed by atoms with Crippen LogP contribution in [0, 0.1) is 13.8 Å². The van der Waals surface area contributed by atoms with Crippen LogP contribution in [0.4, 0.5) is 0 Å². The molecule has 3 rings (SSSR count). The van der Waals surface area contributed by atoms with Crippen molar-refractivity contribution in [1.29, 1.82) is 0 Å². The van der Waals surface area contributed by atoms with Crippen molar-refractivity contribution in [3.05, 3.63) is 95.1 Å². The van der Waals surface area contributed by atoms with Gasteiger partial charge in [0.15, 0.2) is 0 Å². The molecule has 0 fully saturated rings. The van der Waals surface area contributed by atoms with Crippen molar-refractivity contribution in [3.8, 4) is 0 Å². The summed E-state index contributed by atoms with van der Waals surface area (Å²) in [5.74, 6) is -0.370. The van der Waals surface area contributed by atoms with Crippen LogP contribution in [0.1, 0.15) is 28.3 Å². The number of thioether (sulfide) groups is 1. The summed E-state index contributed by atoms with van der Waals surface area (Å²) in [6, 6.07) is 22.1. The van der Waals surface area contributed by atoms with Crippen molar-refractivity contribution in [2.75, 3.05) is 19.8 Å². The lowest BCUT2D eigenvalue weighted by molar-refractivity contribution is -0.121. The molecule has 0 aliphatic rings. The van der Waals surface area contributed by atoms with Crippen LogP contribution in [0.2, 0.25) is 0 Å².